The van der Waals surface area contributed by atoms with Crippen LogP contribution in [0.3, 0.4) is 0 Å². The van der Waals surface area contributed by atoms with Crippen molar-refractivity contribution in [3.05, 3.63) is 29.8 Å². The number of amides is 1. The Morgan fingerprint density at radius 2 is 2.00 bits per heavy atom. The van der Waals surface area contributed by atoms with Crippen molar-refractivity contribution in [2.24, 2.45) is 11.0 Å². The Labute approximate surface area is 123 Å². The topological polar surface area (TPSA) is 74.2 Å². The average molecular weight is 289 g/mol. The second-order valence-electron chi connectivity index (χ2n) is 5.26. The number of morpholine rings is 1. The average Bonchev–Trinajstić information content (AvgIpc) is 2.56. The predicted octanol–water partition coefficient (Wildman–Crippen LogP) is 0.356. The number of hydrazone groups is 1. The standard InChI is InChI=1S/C15H19N3O3/c19-10-12-9-14(20)16-17-15(12)11-1-3-13(4-2-11)18-5-7-21-8-6-18/h1-4,12,19H,5-10H2,(H,16,20). The molecule has 6 heteroatoms. The maximum atomic E-state index is 11.3. The molecule has 6 nitrogen and oxygen atoms in total. The molecule has 2 aliphatic rings. The number of anilines is 1. The zero-order valence-corrected chi connectivity index (χ0v) is 11.8. The molecule has 1 saturated heterocycles. The van der Waals surface area contributed by atoms with Crippen molar-refractivity contribution in [2.45, 2.75) is 6.42 Å². The first kappa shape index (κ1) is 14.0. The lowest BCUT2D eigenvalue weighted by Crippen LogP contribution is -2.36. The maximum Gasteiger partial charge on any atom is 0.240 e. The van der Waals surface area contributed by atoms with E-state index in [9.17, 15) is 9.90 Å². The lowest BCUT2D eigenvalue weighted by Gasteiger charge is -2.29. The van der Waals surface area contributed by atoms with Gasteiger partial charge in [-0.2, -0.15) is 5.10 Å². The van der Waals surface area contributed by atoms with E-state index in [1.54, 1.807) is 0 Å². The maximum absolute atomic E-state index is 11.3. The highest BCUT2D eigenvalue weighted by molar-refractivity contribution is 6.06. The fourth-order valence-corrected chi connectivity index (χ4v) is 2.70. The molecule has 1 atom stereocenters. The minimum atomic E-state index is -0.229. The Hall–Kier alpha value is -1.92. The number of ether oxygens (including phenoxy) is 1. The Bertz CT molecular complexity index is 536. The highest BCUT2D eigenvalue weighted by Gasteiger charge is 2.25. The van der Waals surface area contributed by atoms with Crippen LogP contribution in [0.1, 0.15) is 12.0 Å². The number of aliphatic hydroxyl groups is 1. The largest absolute Gasteiger partial charge is 0.396 e. The Morgan fingerprint density at radius 3 is 2.67 bits per heavy atom. The van der Waals surface area contributed by atoms with E-state index >= 15 is 0 Å². The van der Waals surface area contributed by atoms with E-state index in [0.29, 0.717) is 0 Å². The van der Waals surface area contributed by atoms with Crippen molar-refractivity contribution in [1.82, 2.24) is 5.43 Å². The summed E-state index contributed by atoms with van der Waals surface area (Å²) in [5.41, 5.74) is 5.32. The van der Waals surface area contributed by atoms with Crippen LogP contribution in [-0.2, 0) is 9.53 Å². The van der Waals surface area contributed by atoms with Crippen molar-refractivity contribution < 1.29 is 14.6 Å². The monoisotopic (exact) mass is 289 g/mol. The summed E-state index contributed by atoms with van der Waals surface area (Å²) in [5.74, 6) is -0.379. The molecule has 1 fully saturated rings. The van der Waals surface area contributed by atoms with E-state index in [4.69, 9.17) is 4.74 Å². The van der Waals surface area contributed by atoms with Crippen LogP contribution in [0, 0.1) is 5.92 Å². The fraction of sp³-hybridized carbons (Fsp3) is 0.467. The number of nitrogens with zero attached hydrogens (tertiary/aromatic N) is 2. The van der Waals surface area contributed by atoms with Crippen molar-refractivity contribution in [3.8, 4) is 0 Å². The molecule has 2 N–H and O–H groups in total. The molecule has 0 bridgehead atoms. The van der Waals surface area contributed by atoms with Crippen LogP contribution in [0.4, 0.5) is 5.69 Å². The van der Waals surface area contributed by atoms with Gasteiger partial charge in [-0.1, -0.05) is 12.1 Å². The van der Waals surface area contributed by atoms with Crippen LogP contribution < -0.4 is 10.3 Å². The molecule has 0 aliphatic carbocycles. The lowest BCUT2D eigenvalue weighted by atomic mass is 9.93. The van der Waals surface area contributed by atoms with Gasteiger partial charge in [-0.15, -0.1) is 0 Å². The fourth-order valence-electron chi connectivity index (χ4n) is 2.70. The summed E-state index contributed by atoms with van der Waals surface area (Å²) in [4.78, 5) is 13.6. The third-order valence-corrected chi connectivity index (χ3v) is 3.88. The molecule has 21 heavy (non-hydrogen) atoms. The van der Waals surface area contributed by atoms with Gasteiger partial charge in [0, 0.05) is 31.1 Å². The number of benzene rings is 1. The predicted molar refractivity (Wildman–Crippen MR) is 79.3 cm³/mol. The van der Waals surface area contributed by atoms with Crippen LogP contribution in [-0.4, -0.2) is 49.6 Å². The van der Waals surface area contributed by atoms with Gasteiger partial charge in [0.25, 0.3) is 0 Å². The highest BCUT2D eigenvalue weighted by Crippen LogP contribution is 2.21. The minimum Gasteiger partial charge on any atom is -0.396 e. The smallest absolute Gasteiger partial charge is 0.240 e. The first-order valence-electron chi connectivity index (χ1n) is 7.18. The van der Waals surface area contributed by atoms with Crippen LogP contribution in [0.25, 0.3) is 0 Å². The number of carbonyl (C=O) groups excluding carboxylic acids is 1. The van der Waals surface area contributed by atoms with Gasteiger partial charge in [0.1, 0.15) is 0 Å². The van der Waals surface area contributed by atoms with E-state index < -0.39 is 0 Å². The van der Waals surface area contributed by atoms with E-state index in [0.717, 1.165) is 43.3 Å². The van der Waals surface area contributed by atoms with Gasteiger partial charge in [-0.25, -0.2) is 5.43 Å². The van der Waals surface area contributed by atoms with Crippen molar-refractivity contribution in [3.63, 3.8) is 0 Å². The molecular formula is C15H19N3O3. The van der Waals surface area contributed by atoms with E-state index in [1.807, 2.05) is 24.3 Å². The molecule has 2 heterocycles. The molecule has 112 valence electrons. The van der Waals surface area contributed by atoms with E-state index in [2.05, 4.69) is 15.4 Å². The van der Waals surface area contributed by atoms with Crippen molar-refractivity contribution in [2.75, 3.05) is 37.8 Å². The molecule has 1 aromatic rings. The van der Waals surface area contributed by atoms with E-state index in [-0.39, 0.29) is 24.9 Å². The molecule has 0 aromatic heterocycles. The number of hydrogen-bond acceptors (Lipinski definition) is 5. The summed E-state index contributed by atoms with van der Waals surface area (Å²) in [6, 6.07) is 8.08. The lowest BCUT2D eigenvalue weighted by molar-refractivity contribution is -0.122. The zero-order valence-electron chi connectivity index (χ0n) is 11.8. The molecule has 0 saturated carbocycles. The van der Waals surface area contributed by atoms with Gasteiger partial charge in [0.2, 0.25) is 5.91 Å². The summed E-state index contributed by atoms with van der Waals surface area (Å²) < 4.78 is 5.35. The summed E-state index contributed by atoms with van der Waals surface area (Å²) in [6.07, 6.45) is 0.278. The van der Waals surface area contributed by atoms with Crippen LogP contribution in [0.2, 0.25) is 0 Å². The summed E-state index contributed by atoms with van der Waals surface area (Å²) in [6.45, 7) is 3.24. The van der Waals surface area contributed by atoms with Crippen molar-refractivity contribution in [1.29, 1.82) is 0 Å². The molecule has 1 aromatic carbocycles. The first-order valence-corrected chi connectivity index (χ1v) is 7.18. The highest BCUT2D eigenvalue weighted by atomic mass is 16.5. The molecule has 1 unspecified atom stereocenters. The second-order valence-corrected chi connectivity index (χ2v) is 5.26. The number of carbonyl (C=O) groups is 1. The van der Waals surface area contributed by atoms with Gasteiger partial charge in [0.05, 0.1) is 25.5 Å². The number of rotatable bonds is 3. The van der Waals surface area contributed by atoms with Crippen LogP contribution in [0.5, 0.6) is 0 Å². The molecule has 1 amide bonds. The molecule has 3 rings (SSSR count). The van der Waals surface area contributed by atoms with Gasteiger partial charge in [-0.05, 0) is 17.7 Å². The summed E-state index contributed by atoms with van der Waals surface area (Å²) >= 11 is 0. The molecule has 0 radical (unpaired) electrons. The molecule has 2 aliphatic heterocycles. The third-order valence-electron chi connectivity index (χ3n) is 3.88. The quantitative estimate of drug-likeness (QED) is 0.842. The zero-order chi connectivity index (χ0) is 14.7. The van der Waals surface area contributed by atoms with Gasteiger partial charge in [0.15, 0.2) is 0 Å². The Kier molecular flexibility index (Phi) is 4.17. The number of nitrogens with one attached hydrogen (secondary N) is 1. The second kappa shape index (κ2) is 6.24. The third kappa shape index (κ3) is 3.06. The van der Waals surface area contributed by atoms with Crippen molar-refractivity contribution >= 4 is 17.3 Å². The van der Waals surface area contributed by atoms with Gasteiger partial charge >= 0.3 is 0 Å². The Morgan fingerprint density at radius 1 is 1.29 bits per heavy atom. The van der Waals surface area contributed by atoms with Gasteiger partial charge in [-0.3, -0.25) is 4.79 Å². The molecular weight excluding hydrogens is 270 g/mol. The Balaban J connectivity index is 1.78. The SMILES string of the molecule is O=C1CC(CO)C(c2ccc(N3CCOCC3)cc2)=NN1. The number of hydrogen-bond donors (Lipinski definition) is 2. The summed E-state index contributed by atoms with van der Waals surface area (Å²) in [7, 11) is 0. The van der Waals surface area contributed by atoms with Gasteiger partial charge < -0.3 is 14.7 Å². The van der Waals surface area contributed by atoms with Crippen LogP contribution >= 0.6 is 0 Å². The first-order chi connectivity index (χ1) is 10.3. The summed E-state index contributed by atoms with van der Waals surface area (Å²) in [5, 5.41) is 13.5. The number of aliphatic hydroxyl groups excluding tert-OH is 1. The normalized spacial score (nSPS) is 22.7. The molecule has 0 spiro atoms. The minimum absolute atomic E-state index is 0.0720. The van der Waals surface area contributed by atoms with E-state index in [1.165, 1.54) is 0 Å². The van der Waals surface area contributed by atoms with Crippen LogP contribution in [0.15, 0.2) is 29.4 Å².